The second-order valence-corrected chi connectivity index (χ2v) is 5.38. The monoisotopic (exact) mass is 330 g/mol. The van der Waals surface area contributed by atoms with Crippen molar-refractivity contribution in [3.05, 3.63) is 70.6 Å². The summed E-state index contributed by atoms with van der Waals surface area (Å²) in [5.41, 5.74) is 1.15. The van der Waals surface area contributed by atoms with Gasteiger partial charge in [0.25, 0.3) is 5.91 Å². The zero-order valence-corrected chi connectivity index (χ0v) is 12.6. The lowest BCUT2D eigenvalue weighted by atomic mass is 10.1. The Balaban J connectivity index is 1.80. The molecule has 0 fully saturated rings. The summed E-state index contributed by atoms with van der Waals surface area (Å²) in [6.45, 7) is 0.165. The second kappa shape index (κ2) is 6.22. The fourth-order valence-electron chi connectivity index (χ4n) is 2.24. The number of aromatic nitrogens is 1. The molecule has 116 valence electrons. The van der Waals surface area contributed by atoms with E-state index in [1.807, 2.05) is 0 Å². The van der Waals surface area contributed by atoms with Crippen LogP contribution in [0.4, 0.5) is 4.39 Å². The van der Waals surface area contributed by atoms with Crippen LogP contribution in [0.3, 0.4) is 0 Å². The number of halogens is 2. The predicted octanol–water partition coefficient (Wildman–Crippen LogP) is 3.66. The molecular weight excluding hydrogens is 319 g/mol. The van der Waals surface area contributed by atoms with E-state index in [9.17, 15) is 14.3 Å². The number of benzene rings is 2. The average molecular weight is 331 g/mol. The molecule has 6 heteroatoms. The first-order chi connectivity index (χ1) is 11.1. The first kappa shape index (κ1) is 15.2. The summed E-state index contributed by atoms with van der Waals surface area (Å²) in [5.74, 6) is -1.13. The number of fused-ring (bicyclic) bond motifs is 1. The van der Waals surface area contributed by atoms with Gasteiger partial charge in [0.05, 0.1) is 10.6 Å². The fourth-order valence-corrected chi connectivity index (χ4v) is 2.44. The van der Waals surface area contributed by atoms with E-state index in [0.29, 0.717) is 11.1 Å². The number of phenols is 1. The SMILES string of the molecule is O=C(NCc1ccc(F)c(Cl)c1)c1ccc2cccnc2c1O. The van der Waals surface area contributed by atoms with Crippen LogP contribution >= 0.6 is 11.6 Å². The van der Waals surface area contributed by atoms with E-state index >= 15 is 0 Å². The molecule has 2 N–H and O–H groups in total. The highest BCUT2D eigenvalue weighted by Crippen LogP contribution is 2.26. The number of amides is 1. The molecule has 2 aromatic carbocycles. The zero-order valence-electron chi connectivity index (χ0n) is 11.9. The molecule has 1 aromatic heterocycles. The van der Waals surface area contributed by atoms with Crippen molar-refractivity contribution in [2.45, 2.75) is 6.54 Å². The number of carbonyl (C=O) groups excluding carboxylic acids is 1. The normalized spacial score (nSPS) is 10.7. The van der Waals surface area contributed by atoms with Crippen LogP contribution in [-0.4, -0.2) is 16.0 Å². The first-order valence-corrected chi connectivity index (χ1v) is 7.23. The molecule has 1 amide bonds. The molecule has 0 aliphatic rings. The van der Waals surface area contributed by atoms with Gasteiger partial charge in [-0.05, 0) is 29.8 Å². The van der Waals surface area contributed by atoms with E-state index in [-0.39, 0.29) is 22.9 Å². The Morgan fingerprint density at radius 2 is 2.09 bits per heavy atom. The Morgan fingerprint density at radius 3 is 2.87 bits per heavy atom. The fraction of sp³-hybridized carbons (Fsp3) is 0.0588. The number of aromatic hydroxyl groups is 1. The Labute approximate surface area is 136 Å². The molecule has 23 heavy (non-hydrogen) atoms. The molecule has 0 unspecified atom stereocenters. The van der Waals surface area contributed by atoms with Crippen LogP contribution in [-0.2, 0) is 6.54 Å². The van der Waals surface area contributed by atoms with Crippen molar-refractivity contribution in [3.8, 4) is 5.75 Å². The minimum absolute atomic E-state index is 0.00509. The molecule has 0 saturated carbocycles. The van der Waals surface area contributed by atoms with Crippen LogP contribution in [0, 0.1) is 5.82 Å². The molecule has 0 radical (unpaired) electrons. The molecule has 1 heterocycles. The summed E-state index contributed by atoms with van der Waals surface area (Å²) in [7, 11) is 0. The van der Waals surface area contributed by atoms with Crippen LogP contribution in [0.5, 0.6) is 5.75 Å². The summed E-state index contributed by atoms with van der Waals surface area (Å²) >= 11 is 5.70. The van der Waals surface area contributed by atoms with Crippen molar-refractivity contribution in [1.29, 1.82) is 0 Å². The molecule has 4 nitrogen and oxygen atoms in total. The molecule has 3 aromatic rings. The average Bonchev–Trinajstić information content (AvgIpc) is 2.56. The van der Waals surface area contributed by atoms with Gasteiger partial charge in [-0.1, -0.05) is 29.8 Å². The minimum atomic E-state index is -0.514. The van der Waals surface area contributed by atoms with Crippen molar-refractivity contribution >= 4 is 28.4 Å². The smallest absolute Gasteiger partial charge is 0.255 e. The molecule has 0 atom stereocenters. The maximum absolute atomic E-state index is 13.1. The van der Waals surface area contributed by atoms with Gasteiger partial charge in [0.2, 0.25) is 0 Å². The number of hydrogen-bond acceptors (Lipinski definition) is 3. The van der Waals surface area contributed by atoms with E-state index in [1.54, 1.807) is 24.4 Å². The lowest BCUT2D eigenvalue weighted by molar-refractivity contribution is 0.0948. The van der Waals surface area contributed by atoms with E-state index in [4.69, 9.17) is 11.6 Å². The van der Waals surface area contributed by atoms with Crippen LogP contribution in [0.15, 0.2) is 48.7 Å². The number of hydrogen-bond donors (Lipinski definition) is 2. The molecule has 0 spiro atoms. The second-order valence-electron chi connectivity index (χ2n) is 4.97. The lowest BCUT2D eigenvalue weighted by Crippen LogP contribution is -2.23. The first-order valence-electron chi connectivity index (χ1n) is 6.85. The molecule has 0 aliphatic carbocycles. The van der Waals surface area contributed by atoms with E-state index < -0.39 is 11.7 Å². The van der Waals surface area contributed by atoms with Gasteiger partial charge in [-0.3, -0.25) is 9.78 Å². The maximum Gasteiger partial charge on any atom is 0.255 e. The number of phenolic OH excluding ortho intramolecular Hbond substituents is 1. The number of carbonyl (C=O) groups is 1. The molecule has 0 bridgehead atoms. The van der Waals surface area contributed by atoms with E-state index in [1.165, 1.54) is 24.3 Å². The quantitative estimate of drug-likeness (QED) is 0.770. The number of rotatable bonds is 3. The van der Waals surface area contributed by atoms with E-state index in [0.717, 1.165) is 5.39 Å². The third-order valence-electron chi connectivity index (χ3n) is 3.43. The van der Waals surface area contributed by atoms with Crippen LogP contribution in [0.25, 0.3) is 10.9 Å². The molecule has 3 rings (SSSR count). The van der Waals surface area contributed by atoms with Crippen LogP contribution < -0.4 is 5.32 Å². The number of nitrogens with zero attached hydrogens (tertiary/aromatic N) is 1. The lowest BCUT2D eigenvalue weighted by Gasteiger charge is -2.09. The highest BCUT2D eigenvalue weighted by atomic mass is 35.5. The van der Waals surface area contributed by atoms with Crippen molar-refractivity contribution in [1.82, 2.24) is 10.3 Å². The van der Waals surface area contributed by atoms with E-state index in [2.05, 4.69) is 10.3 Å². The minimum Gasteiger partial charge on any atom is -0.505 e. The largest absolute Gasteiger partial charge is 0.505 e. The summed E-state index contributed by atoms with van der Waals surface area (Å²) in [4.78, 5) is 16.3. The van der Waals surface area contributed by atoms with Gasteiger partial charge in [-0.25, -0.2) is 4.39 Å². The molecule has 0 saturated heterocycles. The summed E-state index contributed by atoms with van der Waals surface area (Å²) < 4.78 is 13.1. The number of nitrogens with one attached hydrogen (secondary N) is 1. The van der Waals surface area contributed by atoms with Gasteiger partial charge < -0.3 is 10.4 Å². The Bertz CT molecular complexity index is 899. The Kier molecular flexibility index (Phi) is 4.12. The third kappa shape index (κ3) is 3.10. The van der Waals surface area contributed by atoms with Gasteiger partial charge in [0.1, 0.15) is 11.3 Å². The highest BCUT2D eigenvalue weighted by molar-refractivity contribution is 6.30. The third-order valence-corrected chi connectivity index (χ3v) is 3.72. The molecular formula is C17H12ClFN2O2. The van der Waals surface area contributed by atoms with Gasteiger partial charge in [-0.15, -0.1) is 0 Å². The summed E-state index contributed by atoms with van der Waals surface area (Å²) in [6.07, 6.45) is 1.55. The topological polar surface area (TPSA) is 62.2 Å². The predicted molar refractivity (Wildman–Crippen MR) is 86.0 cm³/mol. The van der Waals surface area contributed by atoms with Gasteiger partial charge in [0.15, 0.2) is 5.75 Å². The Hall–Kier alpha value is -2.66. The van der Waals surface area contributed by atoms with Crippen molar-refractivity contribution in [2.24, 2.45) is 0 Å². The zero-order chi connectivity index (χ0) is 16.4. The van der Waals surface area contributed by atoms with Crippen LogP contribution in [0.1, 0.15) is 15.9 Å². The van der Waals surface area contributed by atoms with Crippen molar-refractivity contribution < 1.29 is 14.3 Å². The standard InChI is InChI=1S/C17H12ClFN2O2/c18-13-8-10(3-6-14(13)19)9-21-17(23)12-5-4-11-2-1-7-20-15(11)16(12)22/h1-8,22H,9H2,(H,21,23). The Morgan fingerprint density at radius 1 is 1.26 bits per heavy atom. The number of pyridine rings is 1. The van der Waals surface area contributed by atoms with Crippen LogP contribution in [0.2, 0.25) is 5.02 Å². The van der Waals surface area contributed by atoms with Gasteiger partial charge in [-0.2, -0.15) is 0 Å². The van der Waals surface area contributed by atoms with Gasteiger partial charge >= 0.3 is 0 Å². The summed E-state index contributed by atoms with van der Waals surface area (Å²) in [5, 5.41) is 13.6. The van der Waals surface area contributed by atoms with Crippen molar-refractivity contribution in [3.63, 3.8) is 0 Å². The maximum atomic E-state index is 13.1. The summed E-state index contributed by atoms with van der Waals surface area (Å²) in [6, 6.07) is 11.0. The van der Waals surface area contributed by atoms with Gasteiger partial charge in [0, 0.05) is 18.1 Å². The van der Waals surface area contributed by atoms with Crippen molar-refractivity contribution in [2.75, 3.05) is 0 Å². The highest BCUT2D eigenvalue weighted by Gasteiger charge is 2.14. The molecule has 0 aliphatic heterocycles.